The molecule has 4 N–H and O–H groups in total. The highest BCUT2D eigenvalue weighted by Crippen LogP contribution is 2.17. The molecule has 0 aliphatic carbocycles. The molecule has 6 nitrogen and oxygen atoms in total. The maximum Gasteiger partial charge on any atom is 0.268 e. The molecular weight excluding hydrogens is 256 g/mol. The topological polar surface area (TPSA) is 79.6 Å². The van der Waals surface area contributed by atoms with E-state index in [1.165, 1.54) is 0 Å². The number of benzene rings is 1. The second-order valence-corrected chi connectivity index (χ2v) is 4.58. The number of rotatable bonds is 9. The fourth-order valence-corrected chi connectivity index (χ4v) is 1.81. The lowest BCUT2D eigenvalue weighted by atomic mass is 10.2. The first-order chi connectivity index (χ1) is 9.69. The van der Waals surface area contributed by atoms with E-state index >= 15 is 0 Å². The highest BCUT2D eigenvalue weighted by molar-refractivity contribution is 5.96. The number of nitrogens with two attached hydrogens (primary N) is 1. The zero-order valence-corrected chi connectivity index (χ0v) is 12.2. The zero-order valence-electron chi connectivity index (χ0n) is 12.2. The minimum absolute atomic E-state index is 0.344. The minimum atomic E-state index is -0.344. The van der Waals surface area contributed by atoms with Gasteiger partial charge >= 0.3 is 0 Å². The number of hydrogen-bond acceptors (Lipinski definition) is 5. The zero-order chi connectivity index (χ0) is 14.8. The number of para-hydroxylation sites is 1. The molecule has 0 unspecified atom stereocenters. The Bertz CT molecular complexity index is 412. The third-order valence-corrected chi connectivity index (χ3v) is 2.96. The molecule has 1 amide bonds. The maximum atomic E-state index is 11.6. The van der Waals surface area contributed by atoms with E-state index < -0.39 is 0 Å². The number of nitrogens with one attached hydrogen (secondary N) is 2. The molecule has 1 aromatic carbocycles. The van der Waals surface area contributed by atoms with Crippen molar-refractivity contribution in [3.8, 4) is 5.75 Å². The third kappa shape index (κ3) is 5.56. The van der Waals surface area contributed by atoms with Gasteiger partial charge in [0.2, 0.25) is 0 Å². The van der Waals surface area contributed by atoms with Gasteiger partial charge in [-0.05, 0) is 45.7 Å². The van der Waals surface area contributed by atoms with E-state index in [-0.39, 0.29) is 5.91 Å². The molecule has 112 valence electrons. The van der Waals surface area contributed by atoms with E-state index in [0.717, 1.165) is 26.1 Å². The van der Waals surface area contributed by atoms with Gasteiger partial charge < -0.3 is 15.0 Å². The third-order valence-electron chi connectivity index (χ3n) is 2.96. The fourth-order valence-electron chi connectivity index (χ4n) is 1.81. The second kappa shape index (κ2) is 9.30. The van der Waals surface area contributed by atoms with Gasteiger partial charge in [-0.15, -0.1) is 0 Å². The van der Waals surface area contributed by atoms with Crippen LogP contribution in [0.4, 0.5) is 0 Å². The molecule has 0 aliphatic rings. The summed E-state index contributed by atoms with van der Waals surface area (Å²) in [6.45, 7) is 3.35. The Labute approximate surface area is 120 Å². The summed E-state index contributed by atoms with van der Waals surface area (Å²) in [7, 11) is 4.00. The quantitative estimate of drug-likeness (QED) is 0.261. The molecule has 0 saturated carbocycles. The lowest BCUT2D eigenvalue weighted by Gasteiger charge is -2.17. The highest BCUT2D eigenvalue weighted by atomic mass is 16.5. The lowest BCUT2D eigenvalue weighted by Crippen LogP contribution is -2.31. The van der Waals surface area contributed by atoms with Crippen molar-refractivity contribution in [3.63, 3.8) is 0 Å². The van der Waals surface area contributed by atoms with Crippen LogP contribution in [0.2, 0.25) is 0 Å². The van der Waals surface area contributed by atoms with Crippen molar-refractivity contribution in [2.45, 2.75) is 6.42 Å². The van der Waals surface area contributed by atoms with Gasteiger partial charge in [0.1, 0.15) is 12.4 Å². The summed E-state index contributed by atoms with van der Waals surface area (Å²) in [6, 6.07) is 7.07. The Morgan fingerprint density at radius 2 is 2.10 bits per heavy atom. The van der Waals surface area contributed by atoms with Crippen LogP contribution in [0.25, 0.3) is 0 Å². The number of carbonyl (C=O) groups excluding carboxylic acids is 1. The molecule has 0 atom stereocenters. The average molecular weight is 280 g/mol. The number of carbonyl (C=O) groups is 1. The van der Waals surface area contributed by atoms with Crippen LogP contribution < -0.4 is 21.3 Å². The van der Waals surface area contributed by atoms with Crippen LogP contribution >= 0.6 is 0 Å². The fraction of sp³-hybridized carbons (Fsp3) is 0.500. The highest BCUT2D eigenvalue weighted by Gasteiger charge is 2.10. The maximum absolute atomic E-state index is 11.6. The Hall–Kier alpha value is -1.63. The van der Waals surface area contributed by atoms with Crippen molar-refractivity contribution in [1.29, 1.82) is 0 Å². The SMILES string of the molecule is CNCCCN(C)CCOc1ccccc1C(=O)NN. The molecule has 0 saturated heterocycles. The van der Waals surface area contributed by atoms with Gasteiger partial charge in [-0.1, -0.05) is 12.1 Å². The predicted octanol–water partition coefficient (Wildman–Crippen LogP) is 0.210. The largest absolute Gasteiger partial charge is 0.491 e. The minimum Gasteiger partial charge on any atom is -0.491 e. The smallest absolute Gasteiger partial charge is 0.268 e. The van der Waals surface area contributed by atoms with Gasteiger partial charge in [-0.3, -0.25) is 10.2 Å². The summed E-state index contributed by atoms with van der Waals surface area (Å²) in [5.74, 6) is 5.36. The molecule has 0 heterocycles. The van der Waals surface area contributed by atoms with Crippen molar-refractivity contribution < 1.29 is 9.53 Å². The van der Waals surface area contributed by atoms with Crippen molar-refractivity contribution in [2.24, 2.45) is 5.84 Å². The van der Waals surface area contributed by atoms with Gasteiger partial charge in [-0.2, -0.15) is 0 Å². The number of amides is 1. The Morgan fingerprint density at radius 1 is 1.35 bits per heavy atom. The van der Waals surface area contributed by atoms with Crippen molar-refractivity contribution in [3.05, 3.63) is 29.8 Å². The molecule has 6 heteroatoms. The van der Waals surface area contributed by atoms with Crippen LogP contribution in [-0.2, 0) is 0 Å². The van der Waals surface area contributed by atoms with Crippen LogP contribution in [0, 0.1) is 0 Å². The molecule has 0 spiro atoms. The molecule has 0 radical (unpaired) electrons. The molecule has 20 heavy (non-hydrogen) atoms. The molecule has 1 rings (SSSR count). The standard InChI is InChI=1S/C14H24N4O2/c1-16-8-5-9-18(2)10-11-20-13-7-4-3-6-12(13)14(19)17-15/h3-4,6-7,16H,5,8-11,15H2,1-2H3,(H,17,19). The molecule has 0 aromatic heterocycles. The first kappa shape index (κ1) is 16.4. The second-order valence-electron chi connectivity index (χ2n) is 4.58. The van der Waals surface area contributed by atoms with Gasteiger partial charge in [0, 0.05) is 6.54 Å². The Balaban J connectivity index is 2.40. The van der Waals surface area contributed by atoms with Crippen molar-refractivity contribution in [1.82, 2.24) is 15.6 Å². The van der Waals surface area contributed by atoms with Gasteiger partial charge in [-0.25, -0.2) is 5.84 Å². The summed E-state index contributed by atoms with van der Waals surface area (Å²) in [6.07, 6.45) is 1.10. The average Bonchev–Trinajstić information content (AvgIpc) is 2.47. The first-order valence-corrected chi connectivity index (χ1v) is 6.75. The van der Waals surface area contributed by atoms with Gasteiger partial charge in [0.05, 0.1) is 5.56 Å². The van der Waals surface area contributed by atoms with Crippen molar-refractivity contribution in [2.75, 3.05) is 40.3 Å². The van der Waals surface area contributed by atoms with E-state index in [1.54, 1.807) is 18.2 Å². The number of nitrogens with zero attached hydrogens (tertiary/aromatic N) is 1. The van der Waals surface area contributed by atoms with E-state index in [2.05, 4.69) is 22.7 Å². The molecule has 0 bridgehead atoms. The van der Waals surface area contributed by atoms with Crippen LogP contribution in [-0.4, -0.2) is 51.1 Å². The number of nitrogen functional groups attached to an aromatic ring is 1. The summed E-state index contributed by atoms with van der Waals surface area (Å²) in [5, 5.41) is 3.12. The lowest BCUT2D eigenvalue weighted by molar-refractivity contribution is 0.0949. The predicted molar refractivity (Wildman–Crippen MR) is 79.6 cm³/mol. The molecule has 0 fully saturated rings. The van der Waals surface area contributed by atoms with Crippen molar-refractivity contribution >= 4 is 5.91 Å². The summed E-state index contributed by atoms with van der Waals surface area (Å²) >= 11 is 0. The number of ether oxygens (including phenoxy) is 1. The normalized spacial score (nSPS) is 10.6. The van der Waals surface area contributed by atoms with Gasteiger partial charge in [0.25, 0.3) is 5.91 Å². The summed E-state index contributed by atoms with van der Waals surface area (Å²) in [4.78, 5) is 13.8. The number of hydrogen-bond donors (Lipinski definition) is 3. The first-order valence-electron chi connectivity index (χ1n) is 6.75. The summed E-state index contributed by atoms with van der Waals surface area (Å²) in [5.41, 5.74) is 2.57. The summed E-state index contributed by atoms with van der Waals surface area (Å²) < 4.78 is 5.66. The van der Waals surface area contributed by atoms with Crippen LogP contribution in [0.15, 0.2) is 24.3 Å². The number of likely N-dealkylation sites (N-methyl/N-ethyl adjacent to an activating group) is 1. The Kier molecular flexibility index (Phi) is 7.64. The monoisotopic (exact) mass is 280 g/mol. The van der Waals surface area contributed by atoms with Crippen LogP contribution in [0.3, 0.4) is 0 Å². The van der Waals surface area contributed by atoms with E-state index in [4.69, 9.17) is 10.6 Å². The van der Waals surface area contributed by atoms with E-state index in [1.807, 2.05) is 13.1 Å². The van der Waals surface area contributed by atoms with Crippen LogP contribution in [0.1, 0.15) is 16.8 Å². The number of hydrazine groups is 1. The molecular formula is C14H24N4O2. The van der Waals surface area contributed by atoms with E-state index in [9.17, 15) is 4.79 Å². The van der Waals surface area contributed by atoms with Crippen LogP contribution in [0.5, 0.6) is 5.75 Å². The van der Waals surface area contributed by atoms with Gasteiger partial charge in [0.15, 0.2) is 0 Å². The van der Waals surface area contributed by atoms with E-state index in [0.29, 0.717) is 17.9 Å². The Morgan fingerprint density at radius 3 is 2.80 bits per heavy atom. The molecule has 1 aromatic rings. The molecule has 0 aliphatic heterocycles.